The summed E-state index contributed by atoms with van der Waals surface area (Å²) in [7, 11) is 1.87. The number of piperidine rings is 1. The summed E-state index contributed by atoms with van der Waals surface area (Å²) in [6.07, 6.45) is 10.5. The highest BCUT2D eigenvalue weighted by Crippen LogP contribution is 2.18. The van der Waals surface area contributed by atoms with Crippen molar-refractivity contribution in [2.45, 2.75) is 69.9 Å². The molecule has 24 heavy (non-hydrogen) atoms. The number of rotatable bonds is 6. The smallest absolute Gasteiger partial charge is 0.317 e. The molecular formula is C18H33N3O3. The number of amides is 1. The highest BCUT2D eigenvalue weighted by Gasteiger charge is 2.25. The van der Waals surface area contributed by atoms with Crippen molar-refractivity contribution in [1.82, 2.24) is 15.1 Å². The Bertz CT molecular complexity index is 400. The zero-order valence-corrected chi connectivity index (χ0v) is 15.0. The molecule has 138 valence electrons. The van der Waals surface area contributed by atoms with Crippen LogP contribution in [0.15, 0.2) is 0 Å². The van der Waals surface area contributed by atoms with Crippen LogP contribution in [0.3, 0.4) is 0 Å². The summed E-state index contributed by atoms with van der Waals surface area (Å²) < 4.78 is 0. The first-order valence-electron chi connectivity index (χ1n) is 9.48. The number of hydrogen-bond donors (Lipinski definition) is 2. The second-order valence-electron chi connectivity index (χ2n) is 7.43. The van der Waals surface area contributed by atoms with Crippen molar-refractivity contribution < 1.29 is 14.7 Å². The molecule has 2 aliphatic rings. The van der Waals surface area contributed by atoms with Gasteiger partial charge in [0.1, 0.15) is 0 Å². The fourth-order valence-electron chi connectivity index (χ4n) is 3.94. The molecule has 1 amide bonds. The van der Waals surface area contributed by atoms with Gasteiger partial charge in [-0.1, -0.05) is 32.1 Å². The average molecular weight is 339 g/mol. The van der Waals surface area contributed by atoms with E-state index in [2.05, 4.69) is 10.2 Å². The molecule has 0 aromatic carbocycles. The minimum atomic E-state index is -0.779. The van der Waals surface area contributed by atoms with Gasteiger partial charge in [0.15, 0.2) is 0 Å². The quantitative estimate of drug-likeness (QED) is 0.770. The molecule has 0 radical (unpaired) electrons. The number of carboxylic acids is 1. The first-order valence-corrected chi connectivity index (χ1v) is 9.48. The zero-order valence-electron chi connectivity index (χ0n) is 15.0. The van der Waals surface area contributed by atoms with Gasteiger partial charge in [-0.3, -0.25) is 19.4 Å². The molecule has 6 heteroatoms. The molecular weight excluding hydrogens is 306 g/mol. The van der Waals surface area contributed by atoms with E-state index in [1.54, 1.807) is 0 Å². The highest BCUT2D eigenvalue weighted by atomic mass is 16.4. The van der Waals surface area contributed by atoms with Gasteiger partial charge in [0, 0.05) is 25.2 Å². The lowest BCUT2D eigenvalue weighted by atomic mass is 9.96. The molecule has 6 nitrogen and oxygen atoms in total. The van der Waals surface area contributed by atoms with Crippen molar-refractivity contribution in [1.29, 1.82) is 0 Å². The van der Waals surface area contributed by atoms with Crippen LogP contribution in [0.2, 0.25) is 0 Å². The van der Waals surface area contributed by atoms with Crippen molar-refractivity contribution in [3.8, 4) is 0 Å². The first-order chi connectivity index (χ1) is 11.5. The van der Waals surface area contributed by atoms with Crippen molar-refractivity contribution >= 4 is 11.9 Å². The lowest BCUT2D eigenvalue weighted by Gasteiger charge is -2.36. The maximum Gasteiger partial charge on any atom is 0.317 e. The summed E-state index contributed by atoms with van der Waals surface area (Å²) in [5, 5.41) is 12.1. The van der Waals surface area contributed by atoms with Crippen LogP contribution in [-0.2, 0) is 9.59 Å². The van der Waals surface area contributed by atoms with Gasteiger partial charge in [-0.05, 0) is 32.7 Å². The number of aliphatic carboxylic acids is 1. The number of nitrogens with zero attached hydrogens (tertiary/aromatic N) is 2. The lowest BCUT2D eigenvalue weighted by molar-refractivity contribution is -0.138. The largest absolute Gasteiger partial charge is 0.480 e. The molecule has 0 unspecified atom stereocenters. The number of carbonyl (C=O) groups is 2. The van der Waals surface area contributed by atoms with Gasteiger partial charge in [0.2, 0.25) is 5.91 Å². The van der Waals surface area contributed by atoms with Gasteiger partial charge in [-0.25, -0.2) is 0 Å². The number of hydrogen-bond acceptors (Lipinski definition) is 4. The fraction of sp³-hybridized carbons (Fsp3) is 0.889. The summed E-state index contributed by atoms with van der Waals surface area (Å²) in [5.41, 5.74) is 0. The van der Waals surface area contributed by atoms with Gasteiger partial charge in [0.25, 0.3) is 0 Å². The first kappa shape index (κ1) is 19.2. The van der Waals surface area contributed by atoms with Gasteiger partial charge in [0.05, 0.1) is 13.1 Å². The maximum absolute atomic E-state index is 12.3. The van der Waals surface area contributed by atoms with E-state index in [9.17, 15) is 9.59 Å². The molecule has 2 rings (SSSR count). The minimum Gasteiger partial charge on any atom is -0.480 e. The third-order valence-electron chi connectivity index (χ3n) is 5.40. The fourth-order valence-corrected chi connectivity index (χ4v) is 3.94. The molecule has 0 bridgehead atoms. The van der Waals surface area contributed by atoms with E-state index >= 15 is 0 Å². The van der Waals surface area contributed by atoms with E-state index in [0.29, 0.717) is 18.6 Å². The number of nitrogens with one attached hydrogen (secondary N) is 1. The van der Waals surface area contributed by atoms with E-state index in [-0.39, 0.29) is 12.5 Å². The normalized spacial score (nSPS) is 22.1. The van der Waals surface area contributed by atoms with Crippen LogP contribution in [0.5, 0.6) is 0 Å². The van der Waals surface area contributed by atoms with Gasteiger partial charge >= 0.3 is 5.97 Å². The maximum atomic E-state index is 12.3. The number of carbonyl (C=O) groups excluding carboxylic acids is 1. The lowest BCUT2D eigenvalue weighted by Crippen LogP contribution is -2.48. The molecule has 1 saturated heterocycles. The van der Waals surface area contributed by atoms with Crippen LogP contribution in [0.1, 0.15) is 57.8 Å². The second kappa shape index (κ2) is 9.99. The average Bonchev–Trinajstić information content (AvgIpc) is 2.50. The molecule has 1 heterocycles. The Balaban J connectivity index is 1.67. The van der Waals surface area contributed by atoms with Crippen LogP contribution in [-0.4, -0.2) is 72.1 Å². The molecule has 0 atom stereocenters. The van der Waals surface area contributed by atoms with E-state index in [4.69, 9.17) is 5.11 Å². The van der Waals surface area contributed by atoms with Gasteiger partial charge in [-0.2, -0.15) is 0 Å². The summed E-state index contributed by atoms with van der Waals surface area (Å²) >= 11 is 0. The Labute approximate surface area is 145 Å². The summed E-state index contributed by atoms with van der Waals surface area (Å²) in [6, 6.07) is 0.669. The summed E-state index contributed by atoms with van der Waals surface area (Å²) in [5.74, 6) is -0.628. The van der Waals surface area contributed by atoms with Crippen molar-refractivity contribution in [3.05, 3.63) is 0 Å². The Hall–Kier alpha value is -1.14. The van der Waals surface area contributed by atoms with Gasteiger partial charge in [-0.15, -0.1) is 0 Å². The van der Waals surface area contributed by atoms with E-state index in [0.717, 1.165) is 38.8 Å². The Kier molecular flexibility index (Phi) is 7.99. The molecule has 2 N–H and O–H groups in total. The highest BCUT2D eigenvalue weighted by molar-refractivity contribution is 5.78. The molecule has 0 aromatic rings. The monoisotopic (exact) mass is 339 g/mol. The minimum absolute atomic E-state index is 0.0901. The van der Waals surface area contributed by atoms with E-state index in [1.165, 1.54) is 32.1 Å². The molecule has 0 spiro atoms. The molecule has 1 aliphatic carbocycles. The number of likely N-dealkylation sites (N-methyl/N-ethyl adjacent to an activating group) is 1. The van der Waals surface area contributed by atoms with Crippen LogP contribution < -0.4 is 5.32 Å². The van der Waals surface area contributed by atoms with Crippen LogP contribution in [0.4, 0.5) is 0 Å². The van der Waals surface area contributed by atoms with Crippen LogP contribution >= 0.6 is 0 Å². The third kappa shape index (κ3) is 6.77. The molecule has 1 saturated carbocycles. The Morgan fingerprint density at radius 1 is 1.04 bits per heavy atom. The predicted octanol–water partition coefficient (Wildman–Crippen LogP) is 1.70. The third-order valence-corrected chi connectivity index (χ3v) is 5.40. The zero-order chi connectivity index (χ0) is 17.4. The van der Waals surface area contributed by atoms with Crippen LogP contribution in [0, 0.1) is 0 Å². The van der Waals surface area contributed by atoms with Crippen molar-refractivity contribution in [3.63, 3.8) is 0 Å². The van der Waals surface area contributed by atoms with Crippen molar-refractivity contribution in [2.24, 2.45) is 0 Å². The van der Waals surface area contributed by atoms with Gasteiger partial charge < -0.3 is 10.4 Å². The number of carboxylic acid groups (broad SMARTS) is 1. The summed E-state index contributed by atoms with van der Waals surface area (Å²) in [4.78, 5) is 27.2. The molecule has 1 aliphatic heterocycles. The standard InChI is InChI=1S/C18H33N3O3/c1-20(14-18(23)24)16-9-11-21(12-10-16)13-17(22)19-15-7-5-3-2-4-6-8-15/h15-16H,2-14H2,1H3,(H,19,22)(H,23,24). The predicted molar refractivity (Wildman–Crippen MR) is 94.0 cm³/mol. The molecule has 2 fully saturated rings. The Morgan fingerprint density at radius 3 is 2.21 bits per heavy atom. The van der Waals surface area contributed by atoms with Crippen LogP contribution in [0.25, 0.3) is 0 Å². The Morgan fingerprint density at radius 2 is 1.62 bits per heavy atom. The SMILES string of the molecule is CN(CC(=O)O)C1CCN(CC(=O)NC2CCCCCCC2)CC1. The van der Waals surface area contributed by atoms with E-state index in [1.807, 2.05) is 11.9 Å². The molecule has 0 aromatic heterocycles. The topological polar surface area (TPSA) is 72.9 Å². The van der Waals surface area contributed by atoms with Crippen molar-refractivity contribution in [2.75, 3.05) is 33.2 Å². The number of likely N-dealkylation sites (tertiary alicyclic amines) is 1. The second-order valence-corrected chi connectivity index (χ2v) is 7.43. The van der Waals surface area contributed by atoms with E-state index < -0.39 is 5.97 Å². The summed E-state index contributed by atoms with van der Waals surface area (Å²) in [6.45, 7) is 2.30.